The first kappa shape index (κ1) is 62.9. The summed E-state index contributed by atoms with van der Waals surface area (Å²) in [5.41, 5.74) is 6.08. The minimum absolute atomic E-state index is 0.00589. The Hall–Kier alpha value is -8.10. The molecule has 0 radical (unpaired) electrons. The average Bonchev–Trinajstić information content (AvgIpc) is 3.65. The second kappa shape index (κ2) is 26.9. The number of benzene rings is 2. The molecule has 27 heteroatoms. The van der Waals surface area contributed by atoms with Gasteiger partial charge in [0.15, 0.2) is 17.5 Å². The number of hydrogen-bond acceptors (Lipinski definition) is 17. The molecule has 0 spiro atoms. The fourth-order valence-corrected chi connectivity index (χ4v) is 11.5. The van der Waals surface area contributed by atoms with Gasteiger partial charge in [-0.1, -0.05) is 44.0 Å². The summed E-state index contributed by atoms with van der Waals surface area (Å²) in [7, 11) is 6.87. The van der Waals surface area contributed by atoms with E-state index in [0.717, 1.165) is 6.42 Å². The summed E-state index contributed by atoms with van der Waals surface area (Å²) in [6, 6.07) is -6.85. The van der Waals surface area contributed by atoms with Crippen LogP contribution in [-0.2, 0) is 43.1 Å². The molecular weight excluding hydrogens is 1150 g/mol. The zero-order valence-electron chi connectivity index (χ0n) is 47.5. The Kier molecular flexibility index (Phi) is 19.9. The molecule has 0 saturated carbocycles. The molecule has 0 fully saturated rings. The average molecular weight is 1220 g/mol. The van der Waals surface area contributed by atoms with E-state index >= 15 is 14.4 Å². The Labute approximate surface area is 498 Å². The molecule has 5 heterocycles. The highest BCUT2D eigenvalue weighted by molar-refractivity contribution is 6.31. The highest BCUT2D eigenvalue weighted by Crippen LogP contribution is 2.48. The van der Waals surface area contributed by atoms with Crippen LogP contribution in [0.25, 0.3) is 0 Å². The van der Waals surface area contributed by atoms with Gasteiger partial charge >= 0.3 is 5.97 Å². The summed E-state index contributed by atoms with van der Waals surface area (Å²) in [5, 5.41) is 52.5. The van der Waals surface area contributed by atoms with Gasteiger partial charge in [-0.15, -0.1) is 11.6 Å². The number of fused-ring (bicyclic) bond motifs is 15. The molecule has 12 atom stereocenters. The van der Waals surface area contributed by atoms with E-state index in [2.05, 4.69) is 37.2 Å². The first-order chi connectivity index (χ1) is 40.5. The van der Waals surface area contributed by atoms with Gasteiger partial charge in [0.1, 0.15) is 71.2 Å². The molecule has 8 aliphatic rings. The molecule has 85 heavy (non-hydrogen) atoms. The van der Waals surface area contributed by atoms with Crippen LogP contribution in [0.5, 0.6) is 28.7 Å². The lowest BCUT2D eigenvalue weighted by atomic mass is 9.79. The first-order valence-electron chi connectivity index (χ1n) is 27.3. The molecule has 0 saturated heterocycles. The number of nitrogens with two attached hydrogens (primary N) is 1. The number of aliphatic hydroxyl groups is 2. The smallest absolute Gasteiger partial charge is 0.330 e. The second-order valence-corrected chi connectivity index (χ2v) is 22.1. The SMILES string of the molecule is CCC(C)C[C@H](NC)C(=O)N[C@H]1C(=O)NC(CC(N)=O)C(=O)N[C@H]2C(=O)N[C@H]3C(=O)N[C@H](C(=O)N[C@@H](C(=O)O)c4cc(OC)cc(OC)c4C4CC3=CC=C4OC)[C@H](O)C3=CC=C(Oc4cc2cc(c4OC)OC2=C(Cl)C=C(CC2)[C@H]1O)C(Cl)C3. The summed E-state index contributed by atoms with van der Waals surface area (Å²) in [6.07, 6.45) is 3.02. The fraction of sp³-hybridized carbons (Fsp3) is 0.448. The first-order valence-corrected chi connectivity index (χ1v) is 28.1. The summed E-state index contributed by atoms with van der Waals surface area (Å²) in [6.45, 7) is 3.88. The summed E-state index contributed by atoms with van der Waals surface area (Å²) >= 11 is 14.0. The van der Waals surface area contributed by atoms with Gasteiger partial charge in [0.25, 0.3) is 0 Å². The molecule has 11 bridgehead atoms. The highest BCUT2D eigenvalue weighted by atomic mass is 35.5. The number of methoxy groups -OCH3 is 4. The summed E-state index contributed by atoms with van der Waals surface area (Å²) < 4.78 is 36.2. The number of carbonyl (C=O) groups excluding carboxylic acids is 7. The number of carboxylic acid groups (broad SMARTS) is 1. The van der Waals surface area contributed by atoms with Gasteiger partial charge in [0.2, 0.25) is 47.1 Å². The Morgan fingerprint density at radius 3 is 2.09 bits per heavy atom. The van der Waals surface area contributed by atoms with Gasteiger partial charge in [-0.05, 0) is 103 Å². The van der Waals surface area contributed by atoms with Crippen LogP contribution in [0, 0.1) is 5.92 Å². The van der Waals surface area contributed by atoms with Crippen molar-refractivity contribution >= 4 is 70.5 Å². The number of primary amides is 1. The maximum Gasteiger partial charge on any atom is 0.330 e. The van der Waals surface area contributed by atoms with Crippen molar-refractivity contribution in [2.45, 2.75) is 125 Å². The number of likely N-dealkylation sites (N-methyl/N-ethyl adjacent to an activating group) is 1. The topological polar surface area (TPSA) is 363 Å². The molecule has 10 rings (SSSR count). The number of amides is 7. The number of ether oxygens (including phenoxy) is 6. The minimum atomic E-state index is -2.01. The monoisotopic (exact) mass is 1220 g/mol. The lowest BCUT2D eigenvalue weighted by Gasteiger charge is -2.35. The van der Waals surface area contributed by atoms with Crippen LogP contribution in [0.15, 0.2) is 93.7 Å². The Morgan fingerprint density at radius 2 is 1.47 bits per heavy atom. The van der Waals surface area contributed by atoms with Gasteiger partial charge in [-0.2, -0.15) is 0 Å². The number of carboxylic acids is 1. The normalized spacial score (nSPS) is 26.8. The second-order valence-electron chi connectivity index (χ2n) is 21.2. The van der Waals surface area contributed by atoms with Crippen LogP contribution < -0.4 is 66.6 Å². The fourth-order valence-electron chi connectivity index (χ4n) is 11.0. The number of alkyl halides is 1. The predicted octanol–water partition coefficient (Wildman–Crippen LogP) is 2.11. The van der Waals surface area contributed by atoms with E-state index in [1.165, 1.54) is 83.1 Å². The largest absolute Gasteiger partial charge is 0.500 e. The van der Waals surface area contributed by atoms with Gasteiger partial charge in [0, 0.05) is 24.0 Å². The number of hydrogen-bond donors (Lipinski definition) is 11. The van der Waals surface area contributed by atoms with Crippen molar-refractivity contribution in [2.75, 3.05) is 35.5 Å². The number of halogens is 2. The maximum atomic E-state index is 15.7. The van der Waals surface area contributed by atoms with Gasteiger partial charge < -0.3 is 86.7 Å². The third-order valence-electron chi connectivity index (χ3n) is 15.8. The van der Waals surface area contributed by atoms with Gasteiger partial charge in [0.05, 0.1) is 51.3 Å². The molecule has 0 aromatic heterocycles. The lowest BCUT2D eigenvalue weighted by Crippen LogP contribution is -2.61. The highest BCUT2D eigenvalue weighted by Gasteiger charge is 2.45. The van der Waals surface area contributed by atoms with E-state index < -0.39 is 120 Å². The van der Waals surface area contributed by atoms with Crippen LogP contribution in [0.3, 0.4) is 0 Å². The van der Waals surface area contributed by atoms with Crippen LogP contribution in [-0.4, -0.2) is 146 Å². The van der Waals surface area contributed by atoms with E-state index in [9.17, 15) is 39.3 Å². The van der Waals surface area contributed by atoms with Crippen molar-refractivity contribution in [3.8, 4) is 28.7 Å². The third-order valence-corrected chi connectivity index (χ3v) is 16.5. The van der Waals surface area contributed by atoms with Crippen molar-refractivity contribution in [1.29, 1.82) is 0 Å². The standard InChI is InChI=1S/C58H68Cl2N8O17/c1-8-24(2)15-34(62-3)52(72)67-47-49(70)26-10-13-37(32(59)17-26)84-40-19-28-20-41(51(40)83-7)85-38-14-11-27(18-33(38)60)50(71)48-57(77)66-46(58(78)79)31-21-29(80-4)22-39(82-6)43(31)30-16-25(9-12-36(30)81-5)44(54(74)68-48)65-55(75)45(28)64-53(73)35(23-42(61)69)63-56(47)76/h9,11-12,14,17,19-22,24,30,33-35,44-50,62,70-71H,8,10,13,15-16,18,23H2,1-7H3,(H2,61,69)(H,63,76)(H,64,73)(H,65,75)(H,66,77)(H,67,72)(H,68,74)(H,78,79)/t24?,30?,33?,34-,35?,44+,45+,46+,47+,48-,49+,50+/m0/s1. The molecule has 2 aromatic carbocycles. The van der Waals surface area contributed by atoms with Crippen LogP contribution >= 0.6 is 23.2 Å². The molecule has 3 aliphatic carbocycles. The molecule has 2 aromatic rings. The van der Waals surface area contributed by atoms with Crippen molar-refractivity contribution in [1.82, 2.24) is 37.2 Å². The zero-order valence-corrected chi connectivity index (χ0v) is 49.0. The van der Waals surface area contributed by atoms with Gasteiger partial charge in [-0.25, -0.2) is 4.79 Å². The molecule has 5 aliphatic heterocycles. The quantitative estimate of drug-likeness (QED) is 0.128. The number of aliphatic hydroxyl groups excluding tert-OH is 2. The van der Waals surface area contributed by atoms with E-state index in [-0.39, 0.29) is 116 Å². The predicted molar refractivity (Wildman–Crippen MR) is 305 cm³/mol. The van der Waals surface area contributed by atoms with Crippen LogP contribution in [0.1, 0.15) is 93.5 Å². The Morgan fingerprint density at radius 1 is 0.776 bits per heavy atom. The summed E-state index contributed by atoms with van der Waals surface area (Å²) in [5.74, 6) is -10.0. The zero-order chi connectivity index (χ0) is 61.7. The third kappa shape index (κ3) is 13.6. The van der Waals surface area contributed by atoms with E-state index in [1.807, 2.05) is 13.8 Å². The van der Waals surface area contributed by atoms with Crippen molar-refractivity contribution in [3.05, 3.63) is 110 Å². The molecule has 12 N–H and O–H groups in total. The van der Waals surface area contributed by atoms with Crippen molar-refractivity contribution < 1.29 is 82.1 Å². The molecular formula is C58H68Cl2N8O17. The number of rotatable bonds is 13. The van der Waals surface area contributed by atoms with E-state index in [4.69, 9.17) is 57.4 Å². The Balaban J connectivity index is 1.35. The maximum absolute atomic E-state index is 15.7. The number of allylic oxidation sites excluding steroid dienone is 9. The lowest BCUT2D eigenvalue weighted by molar-refractivity contribution is -0.143. The summed E-state index contributed by atoms with van der Waals surface area (Å²) in [4.78, 5) is 116. The van der Waals surface area contributed by atoms with Crippen molar-refractivity contribution in [3.63, 3.8) is 0 Å². The van der Waals surface area contributed by atoms with Crippen molar-refractivity contribution in [2.24, 2.45) is 11.7 Å². The molecule has 4 unspecified atom stereocenters. The van der Waals surface area contributed by atoms with Crippen LogP contribution in [0.2, 0.25) is 0 Å². The van der Waals surface area contributed by atoms with Crippen LogP contribution in [0.4, 0.5) is 0 Å². The number of nitrogens with one attached hydrogen (secondary N) is 7. The Bertz CT molecular complexity index is 3250. The number of carbonyl (C=O) groups is 8. The molecule has 456 valence electrons. The van der Waals surface area contributed by atoms with E-state index in [0.29, 0.717) is 6.42 Å². The van der Waals surface area contributed by atoms with E-state index in [1.54, 1.807) is 7.05 Å². The number of aliphatic carboxylic acids is 1. The molecule has 25 nitrogen and oxygen atoms in total. The van der Waals surface area contributed by atoms with Gasteiger partial charge in [-0.3, -0.25) is 33.6 Å². The molecule has 7 amide bonds. The minimum Gasteiger partial charge on any atom is -0.500 e.